The van der Waals surface area contributed by atoms with E-state index in [4.69, 9.17) is 5.11 Å². The first-order chi connectivity index (χ1) is 7.70. The van der Waals surface area contributed by atoms with E-state index in [1.54, 1.807) is 10.9 Å². The molecule has 17 heavy (non-hydrogen) atoms. The highest BCUT2D eigenvalue weighted by atomic mass is 32.2. The van der Waals surface area contributed by atoms with Crippen LogP contribution in [-0.2, 0) is 26.9 Å². The Bertz CT molecular complexity index is 516. The maximum Gasteiger partial charge on any atom is 0.324 e. The molecular formula is C10H16N2O4S. The average Bonchev–Trinajstić information content (AvgIpc) is 2.64. The quantitative estimate of drug-likeness (QED) is 0.841. The number of carboxylic acids is 1. The fraction of sp³-hybridized carbons (Fsp3) is 0.600. The Hall–Kier alpha value is -1.37. The van der Waals surface area contributed by atoms with Crippen LogP contribution in [-0.4, -0.2) is 34.0 Å². The molecule has 1 aromatic heterocycles. The average molecular weight is 260 g/mol. The lowest BCUT2D eigenvalue weighted by molar-refractivity contribution is -0.139. The van der Waals surface area contributed by atoms with E-state index in [9.17, 15) is 13.2 Å². The zero-order valence-electron chi connectivity index (χ0n) is 10.0. The Morgan fingerprint density at radius 3 is 2.53 bits per heavy atom. The molecule has 1 heterocycles. The molecule has 1 rings (SSSR count). The van der Waals surface area contributed by atoms with Gasteiger partial charge in [-0.3, -0.25) is 9.48 Å². The fourth-order valence-corrected chi connectivity index (χ4v) is 2.40. The van der Waals surface area contributed by atoms with Gasteiger partial charge in [0.15, 0.2) is 14.6 Å². The minimum atomic E-state index is -3.76. The lowest BCUT2D eigenvalue weighted by atomic mass is 10.2. The van der Waals surface area contributed by atoms with Gasteiger partial charge < -0.3 is 5.11 Å². The number of nitrogens with zero attached hydrogens (tertiary/aromatic N) is 2. The normalized spacial score (nSPS) is 12.6. The number of aliphatic carboxylic acids is 1. The van der Waals surface area contributed by atoms with Crippen LogP contribution < -0.4 is 0 Å². The van der Waals surface area contributed by atoms with Gasteiger partial charge in [-0.25, -0.2) is 8.42 Å². The topological polar surface area (TPSA) is 89.3 Å². The predicted molar refractivity (Wildman–Crippen MR) is 62.2 cm³/mol. The first kappa shape index (κ1) is 13.7. The minimum Gasteiger partial charge on any atom is -0.480 e. The lowest BCUT2D eigenvalue weighted by Gasteiger charge is -2.18. The summed E-state index contributed by atoms with van der Waals surface area (Å²) in [4.78, 5) is 10.9. The van der Waals surface area contributed by atoms with E-state index in [1.807, 2.05) is 6.92 Å². The van der Waals surface area contributed by atoms with Gasteiger partial charge in [-0.2, -0.15) is 5.10 Å². The third kappa shape index (κ3) is 2.66. The Morgan fingerprint density at radius 2 is 2.12 bits per heavy atom. The summed E-state index contributed by atoms with van der Waals surface area (Å²) in [7, 11) is -3.76. The van der Waals surface area contributed by atoms with Crippen LogP contribution in [0.15, 0.2) is 12.4 Å². The summed E-state index contributed by atoms with van der Waals surface area (Å²) in [5, 5.41) is 12.9. The van der Waals surface area contributed by atoms with Crippen molar-refractivity contribution >= 4 is 15.8 Å². The molecule has 6 nitrogen and oxygen atoms in total. The van der Waals surface area contributed by atoms with Gasteiger partial charge in [0.1, 0.15) is 0 Å². The van der Waals surface area contributed by atoms with Gasteiger partial charge in [0, 0.05) is 18.3 Å². The molecule has 0 atom stereocenters. The standard InChI is InChI=1S/C10H16N2O4S/c1-4-12-6-8(5-11-12)7-17(15,16)10(2,3)9(13)14/h5-6H,4,7H2,1-3H3,(H,13,14). The van der Waals surface area contributed by atoms with Crippen molar-refractivity contribution in [2.75, 3.05) is 0 Å². The molecule has 1 N–H and O–H groups in total. The van der Waals surface area contributed by atoms with Crippen molar-refractivity contribution in [2.45, 2.75) is 37.8 Å². The van der Waals surface area contributed by atoms with E-state index in [1.165, 1.54) is 20.0 Å². The summed E-state index contributed by atoms with van der Waals surface area (Å²) in [5.41, 5.74) is 0.501. The van der Waals surface area contributed by atoms with Crippen LogP contribution in [0.3, 0.4) is 0 Å². The van der Waals surface area contributed by atoms with Crippen molar-refractivity contribution in [3.63, 3.8) is 0 Å². The van der Waals surface area contributed by atoms with Crippen molar-refractivity contribution in [3.8, 4) is 0 Å². The number of hydrogen-bond acceptors (Lipinski definition) is 4. The van der Waals surface area contributed by atoms with Crippen molar-refractivity contribution in [1.82, 2.24) is 9.78 Å². The molecule has 7 heteroatoms. The molecule has 0 aliphatic rings. The highest BCUT2D eigenvalue weighted by Crippen LogP contribution is 2.21. The van der Waals surface area contributed by atoms with E-state index in [0.29, 0.717) is 12.1 Å². The van der Waals surface area contributed by atoms with Crippen LogP contribution in [0.2, 0.25) is 0 Å². The van der Waals surface area contributed by atoms with Gasteiger partial charge in [0.05, 0.1) is 11.9 Å². The molecule has 0 saturated heterocycles. The van der Waals surface area contributed by atoms with E-state index in [-0.39, 0.29) is 5.75 Å². The van der Waals surface area contributed by atoms with E-state index >= 15 is 0 Å². The summed E-state index contributed by atoms with van der Waals surface area (Å²) in [6.45, 7) is 4.90. The highest BCUT2D eigenvalue weighted by molar-refractivity contribution is 7.92. The number of rotatable bonds is 5. The summed E-state index contributed by atoms with van der Waals surface area (Å²) in [5.74, 6) is -1.66. The predicted octanol–water partition coefficient (Wildman–Crippen LogP) is 0.681. The summed E-state index contributed by atoms with van der Waals surface area (Å²) in [6, 6.07) is 0. The SMILES string of the molecule is CCn1cc(CS(=O)(=O)C(C)(C)C(=O)O)cn1. The molecular weight excluding hydrogens is 244 g/mol. The third-order valence-corrected chi connectivity index (χ3v) is 5.10. The number of carboxylic acid groups (broad SMARTS) is 1. The molecule has 0 aliphatic heterocycles. The fourth-order valence-electron chi connectivity index (χ4n) is 1.19. The second kappa shape index (κ2) is 4.48. The molecule has 0 saturated carbocycles. The Balaban J connectivity index is 2.98. The van der Waals surface area contributed by atoms with Crippen LogP contribution >= 0.6 is 0 Å². The molecule has 0 spiro atoms. The minimum absolute atomic E-state index is 0.313. The van der Waals surface area contributed by atoms with Crippen LogP contribution in [0.4, 0.5) is 0 Å². The lowest BCUT2D eigenvalue weighted by Crippen LogP contribution is -2.41. The summed E-state index contributed by atoms with van der Waals surface area (Å²) >= 11 is 0. The maximum atomic E-state index is 11.9. The van der Waals surface area contributed by atoms with Crippen molar-refractivity contribution < 1.29 is 18.3 Å². The summed E-state index contributed by atoms with van der Waals surface area (Å²) < 4.78 is 23.7. The second-order valence-corrected chi connectivity index (χ2v) is 6.82. The Morgan fingerprint density at radius 1 is 1.53 bits per heavy atom. The van der Waals surface area contributed by atoms with Gasteiger partial charge in [0.2, 0.25) is 0 Å². The van der Waals surface area contributed by atoms with Gasteiger partial charge in [-0.1, -0.05) is 0 Å². The largest absolute Gasteiger partial charge is 0.480 e. The van der Waals surface area contributed by atoms with Crippen molar-refractivity contribution in [2.24, 2.45) is 0 Å². The molecule has 96 valence electrons. The van der Waals surface area contributed by atoms with E-state index < -0.39 is 20.6 Å². The van der Waals surface area contributed by atoms with Crippen LogP contribution in [0.5, 0.6) is 0 Å². The Kier molecular flexibility index (Phi) is 3.61. The monoisotopic (exact) mass is 260 g/mol. The molecule has 0 amide bonds. The molecule has 0 radical (unpaired) electrons. The summed E-state index contributed by atoms with van der Waals surface area (Å²) in [6.07, 6.45) is 3.05. The molecule has 0 fully saturated rings. The first-order valence-corrected chi connectivity index (χ1v) is 6.83. The van der Waals surface area contributed by atoms with Gasteiger partial charge in [0.25, 0.3) is 0 Å². The number of carbonyl (C=O) groups is 1. The van der Waals surface area contributed by atoms with Crippen LogP contribution in [0, 0.1) is 0 Å². The number of aromatic nitrogens is 2. The van der Waals surface area contributed by atoms with Gasteiger partial charge >= 0.3 is 5.97 Å². The van der Waals surface area contributed by atoms with Gasteiger partial charge in [-0.15, -0.1) is 0 Å². The molecule has 0 bridgehead atoms. The van der Waals surface area contributed by atoms with Crippen LogP contribution in [0.1, 0.15) is 26.3 Å². The number of sulfone groups is 1. The number of hydrogen-bond donors (Lipinski definition) is 1. The molecule has 0 aromatic carbocycles. The smallest absolute Gasteiger partial charge is 0.324 e. The Labute approximate surface area is 100 Å². The third-order valence-electron chi connectivity index (χ3n) is 2.66. The molecule has 1 aromatic rings. The number of aryl methyl sites for hydroxylation is 1. The van der Waals surface area contributed by atoms with Crippen molar-refractivity contribution in [1.29, 1.82) is 0 Å². The van der Waals surface area contributed by atoms with Gasteiger partial charge in [-0.05, 0) is 20.8 Å². The second-order valence-electron chi connectivity index (χ2n) is 4.28. The maximum absolute atomic E-state index is 11.9. The first-order valence-electron chi connectivity index (χ1n) is 5.17. The van der Waals surface area contributed by atoms with E-state index in [0.717, 1.165) is 0 Å². The van der Waals surface area contributed by atoms with E-state index in [2.05, 4.69) is 5.10 Å². The zero-order valence-corrected chi connectivity index (χ0v) is 10.9. The van der Waals surface area contributed by atoms with Crippen LogP contribution in [0.25, 0.3) is 0 Å². The molecule has 0 aliphatic carbocycles. The zero-order chi connectivity index (χ0) is 13.3. The highest BCUT2D eigenvalue weighted by Gasteiger charge is 2.41. The molecule has 0 unspecified atom stereocenters. The van der Waals surface area contributed by atoms with Crippen molar-refractivity contribution in [3.05, 3.63) is 18.0 Å².